The fourth-order valence-electron chi connectivity index (χ4n) is 8.37. The number of aromatic nitrogens is 4. The van der Waals surface area contributed by atoms with Gasteiger partial charge in [0.05, 0.1) is 28.8 Å². The van der Waals surface area contributed by atoms with E-state index in [1.54, 1.807) is 0 Å². The van der Waals surface area contributed by atoms with Gasteiger partial charge in [0.15, 0.2) is 0 Å². The van der Waals surface area contributed by atoms with Crippen molar-refractivity contribution in [1.82, 2.24) is 29.7 Å². The highest BCUT2D eigenvalue weighted by molar-refractivity contribution is 5.83. The van der Waals surface area contributed by atoms with Crippen molar-refractivity contribution in [3.63, 3.8) is 0 Å². The number of fused-ring (bicyclic) bond motifs is 5. The van der Waals surface area contributed by atoms with Crippen molar-refractivity contribution in [2.45, 2.75) is 129 Å². The van der Waals surface area contributed by atoms with Crippen molar-refractivity contribution in [2.75, 3.05) is 0 Å². The molecule has 6 atom stereocenters. The number of H-pyrrole nitrogens is 2. The van der Waals surface area contributed by atoms with Crippen LogP contribution in [0.3, 0.4) is 0 Å². The number of rotatable bonds is 3. The third-order valence-electron chi connectivity index (χ3n) is 11.0. The number of ether oxygens (including phenoxy) is 2. The molecule has 4 aromatic rings. The number of hydrogen-bond donors (Lipinski definition) is 2. The first-order valence-electron chi connectivity index (χ1n) is 18.4. The lowest BCUT2D eigenvalue weighted by molar-refractivity contribution is 0.0137. The van der Waals surface area contributed by atoms with E-state index in [0.29, 0.717) is 11.8 Å². The lowest BCUT2D eigenvalue weighted by atomic mass is 9.96. The topological polar surface area (TPSA) is 116 Å². The summed E-state index contributed by atoms with van der Waals surface area (Å²) in [4.78, 5) is 47.7. The van der Waals surface area contributed by atoms with Crippen molar-refractivity contribution < 1.29 is 19.1 Å². The van der Waals surface area contributed by atoms with E-state index in [1.807, 2.05) is 51.3 Å². The summed E-state index contributed by atoms with van der Waals surface area (Å²) in [5.41, 5.74) is 7.59. The molecule has 2 N–H and O–H groups in total. The highest BCUT2D eigenvalue weighted by Crippen LogP contribution is 2.54. The lowest BCUT2D eigenvalue weighted by Crippen LogP contribution is -2.41. The van der Waals surface area contributed by atoms with Crippen LogP contribution in [0.1, 0.15) is 116 Å². The summed E-state index contributed by atoms with van der Waals surface area (Å²) >= 11 is 0. The Morgan fingerprint density at radius 2 is 1.44 bits per heavy atom. The second-order valence-corrected chi connectivity index (χ2v) is 17.1. The largest absolute Gasteiger partial charge is 0.444 e. The molecule has 2 aromatic carbocycles. The number of piperidine rings is 1. The summed E-state index contributed by atoms with van der Waals surface area (Å²) in [6, 6.07) is 13.1. The number of imidazole rings is 2. The third-order valence-corrected chi connectivity index (χ3v) is 11.0. The van der Waals surface area contributed by atoms with E-state index < -0.39 is 11.2 Å². The summed E-state index contributed by atoms with van der Waals surface area (Å²) in [6.07, 6.45) is 5.18. The highest BCUT2D eigenvalue weighted by atomic mass is 16.6. The zero-order valence-corrected chi connectivity index (χ0v) is 30.6. The molecule has 2 aromatic heterocycles. The van der Waals surface area contributed by atoms with E-state index >= 15 is 0 Å². The molecule has 2 saturated heterocycles. The standard InChI is InChI=1S/C40H50N6O4/c1-21-16-32(45(22(21)2)37(47)49-39(3,4)5)35-41-28-15-13-24(18-30(28)43-35)23-12-14-27-25(17-23)10-9-11-29-34(27)44-36(42-29)33-20-26-19-31(26)46(33)38(48)50-40(6,7)8/h12-15,17-18,21-22,26,31-33H,9-11,16,19-20H2,1-8H3,(H,41,43)(H,42,44)/t21?,22?,26-,31-,32+,33+/m1/s1. The molecule has 0 bridgehead atoms. The molecular weight excluding hydrogens is 628 g/mol. The molecule has 0 spiro atoms. The van der Waals surface area contributed by atoms with Crippen LogP contribution in [-0.2, 0) is 22.3 Å². The number of nitrogens with one attached hydrogen (secondary N) is 2. The van der Waals surface area contributed by atoms with E-state index in [9.17, 15) is 9.59 Å². The number of amides is 2. The number of carbonyl (C=O) groups is 2. The highest BCUT2D eigenvalue weighted by Gasteiger charge is 2.56. The molecule has 3 fully saturated rings. The van der Waals surface area contributed by atoms with Crippen molar-refractivity contribution >= 4 is 23.2 Å². The van der Waals surface area contributed by atoms with Crippen molar-refractivity contribution in [3.8, 4) is 22.4 Å². The Morgan fingerprint density at radius 1 is 0.780 bits per heavy atom. The van der Waals surface area contributed by atoms with Crippen LogP contribution in [0.4, 0.5) is 9.59 Å². The molecule has 2 unspecified atom stereocenters. The first kappa shape index (κ1) is 32.8. The first-order valence-corrected chi connectivity index (χ1v) is 18.4. The zero-order chi connectivity index (χ0) is 35.3. The summed E-state index contributed by atoms with van der Waals surface area (Å²) < 4.78 is 11.6. The van der Waals surface area contributed by atoms with Gasteiger partial charge in [0.1, 0.15) is 22.9 Å². The van der Waals surface area contributed by atoms with Gasteiger partial charge in [0.25, 0.3) is 0 Å². The second-order valence-electron chi connectivity index (χ2n) is 17.1. The fourth-order valence-corrected chi connectivity index (χ4v) is 8.37. The molecule has 4 heterocycles. The number of hydrogen-bond acceptors (Lipinski definition) is 6. The van der Waals surface area contributed by atoms with E-state index in [-0.39, 0.29) is 36.4 Å². The molecule has 1 saturated carbocycles. The van der Waals surface area contributed by atoms with E-state index in [0.717, 1.165) is 89.3 Å². The minimum atomic E-state index is -0.565. The quantitative estimate of drug-likeness (QED) is 0.224. The summed E-state index contributed by atoms with van der Waals surface area (Å²) in [5, 5.41) is 0. The Kier molecular flexibility index (Phi) is 7.62. The Balaban J connectivity index is 1.06. The molecule has 8 rings (SSSR count). The Hall–Kier alpha value is -4.34. The van der Waals surface area contributed by atoms with Gasteiger partial charge in [-0.15, -0.1) is 0 Å². The lowest BCUT2D eigenvalue weighted by Gasteiger charge is -2.31. The van der Waals surface area contributed by atoms with Gasteiger partial charge in [0, 0.05) is 23.3 Å². The smallest absolute Gasteiger partial charge is 0.411 e. The normalized spacial score (nSPS) is 26.0. The van der Waals surface area contributed by atoms with Gasteiger partial charge >= 0.3 is 12.2 Å². The van der Waals surface area contributed by atoms with E-state index in [4.69, 9.17) is 19.4 Å². The van der Waals surface area contributed by atoms with Crippen LogP contribution in [0.5, 0.6) is 0 Å². The van der Waals surface area contributed by atoms with Gasteiger partial charge < -0.3 is 19.4 Å². The Morgan fingerprint density at radius 3 is 2.18 bits per heavy atom. The summed E-state index contributed by atoms with van der Waals surface area (Å²) in [6.45, 7) is 15.7. The average molecular weight is 679 g/mol. The number of likely N-dealkylation sites (tertiary alicyclic amines) is 2. The Labute approximate surface area is 294 Å². The minimum absolute atomic E-state index is 0.0528. The molecule has 264 valence electrons. The maximum atomic E-state index is 13.3. The number of aryl methyl sites for hydroxylation is 2. The zero-order valence-electron chi connectivity index (χ0n) is 30.6. The molecule has 2 aliphatic heterocycles. The minimum Gasteiger partial charge on any atom is -0.444 e. The van der Waals surface area contributed by atoms with Gasteiger partial charge in [-0.1, -0.05) is 31.2 Å². The second kappa shape index (κ2) is 11.6. The molecule has 10 heteroatoms. The molecule has 50 heavy (non-hydrogen) atoms. The maximum Gasteiger partial charge on any atom is 0.411 e. The van der Waals surface area contributed by atoms with Crippen molar-refractivity contribution in [3.05, 3.63) is 59.3 Å². The van der Waals surface area contributed by atoms with Crippen LogP contribution in [0, 0.1) is 11.8 Å². The van der Waals surface area contributed by atoms with Crippen LogP contribution in [0.2, 0.25) is 0 Å². The third kappa shape index (κ3) is 5.94. The number of nitrogens with zero attached hydrogens (tertiary/aromatic N) is 4. The van der Waals surface area contributed by atoms with Crippen molar-refractivity contribution in [1.29, 1.82) is 0 Å². The SMILES string of the molecule is CC1C[C@@H](c2nc3ccc(-c4ccc5c(c4)CCCc4[nH]c([C@@H]6C[C@H]7C[C@H]7N6C(=O)OC(C)(C)C)nc4-5)cc3[nH]2)N(C(=O)OC(C)(C)C)C1C. The van der Waals surface area contributed by atoms with Gasteiger partial charge in [-0.2, -0.15) is 0 Å². The van der Waals surface area contributed by atoms with Crippen LogP contribution >= 0.6 is 0 Å². The van der Waals surface area contributed by atoms with Gasteiger partial charge in [-0.05, 0) is 128 Å². The molecular formula is C40H50N6O4. The predicted octanol–water partition coefficient (Wildman–Crippen LogP) is 8.89. The van der Waals surface area contributed by atoms with Crippen LogP contribution in [0.25, 0.3) is 33.4 Å². The predicted molar refractivity (Wildman–Crippen MR) is 193 cm³/mol. The monoisotopic (exact) mass is 678 g/mol. The van der Waals surface area contributed by atoms with Crippen molar-refractivity contribution in [2.24, 2.45) is 11.8 Å². The summed E-state index contributed by atoms with van der Waals surface area (Å²) in [7, 11) is 0. The first-order chi connectivity index (χ1) is 23.6. The van der Waals surface area contributed by atoms with Crippen LogP contribution in [-0.4, -0.2) is 65.2 Å². The van der Waals surface area contributed by atoms with Gasteiger partial charge in [-0.3, -0.25) is 9.80 Å². The maximum absolute atomic E-state index is 13.3. The molecule has 0 radical (unpaired) electrons. The number of aromatic amines is 2. The molecule has 4 aliphatic rings. The van der Waals surface area contributed by atoms with Gasteiger partial charge in [0.2, 0.25) is 0 Å². The summed E-state index contributed by atoms with van der Waals surface area (Å²) in [5.74, 6) is 2.54. The Bertz CT molecular complexity index is 1980. The molecule has 2 aliphatic carbocycles. The fraction of sp³-hybridized carbons (Fsp3) is 0.550. The molecule has 10 nitrogen and oxygen atoms in total. The number of carbonyl (C=O) groups excluding carboxylic acids is 2. The average Bonchev–Trinajstić information content (AvgIpc) is 3.33. The van der Waals surface area contributed by atoms with Crippen LogP contribution < -0.4 is 0 Å². The van der Waals surface area contributed by atoms with E-state index in [2.05, 4.69) is 60.2 Å². The van der Waals surface area contributed by atoms with Crippen LogP contribution in [0.15, 0.2) is 36.4 Å². The number of benzene rings is 2. The van der Waals surface area contributed by atoms with E-state index in [1.165, 1.54) is 5.56 Å². The van der Waals surface area contributed by atoms with Gasteiger partial charge in [-0.25, -0.2) is 19.6 Å². The molecule has 2 amide bonds.